The Hall–Kier alpha value is -2.52. The van der Waals surface area contributed by atoms with E-state index in [-0.39, 0.29) is 0 Å². The number of anilines is 1. The van der Waals surface area contributed by atoms with E-state index in [1.165, 1.54) is 0 Å². The van der Waals surface area contributed by atoms with Crippen LogP contribution in [0.2, 0.25) is 0 Å². The summed E-state index contributed by atoms with van der Waals surface area (Å²) in [5.74, 6) is -4.59. The van der Waals surface area contributed by atoms with Crippen molar-refractivity contribution in [3.8, 4) is 5.75 Å². The zero-order valence-electron chi connectivity index (χ0n) is 8.39. The van der Waals surface area contributed by atoms with E-state index in [1.54, 1.807) is 0 Å². The Morgan fingerprint density at radius 3 is 2.50 bits per heavy atom. The molecule has 0 radical (unpaired) electrons. The van der Waals surface area contributed by atoms with Crippen molar-refractivity contribution in [2.24, 2.45) is 0 Å². The maximum atomic E-state index is 13.4. The molecule has 0 atom stereocenters. The van der Waals surface area contributed by atoms with Gasteiger partial charge in [0, 0.05) is 6.07 Å². The molecular weight excluding hydrogens is 261 g/mol. The van der Waals surface area contributed by atoms with Crippen LogP contribution in [0.5, 0.6) is 5.75 Å². The number of ether oxygens (including phenoxy) is 1. The number of aromatic carboxylic acids is 1. The van der Waals surface area contributed by atoms with Crippen LogP contribution in [0, 0.1) is 15.9 Å². The van der Waals surface area contributed by atoms with Crippen LogP contribution in [0.1, 0.15) is 10.4 Å². The standard InChI is InChI=1S/C8H5F3N2O5/c9-4-2(7(14)15)1-3(18-8(10)11)5(12)6(4)13(16)17/h1,8H,12H2,(H,14,15). The Morgan fingerprint density at radius 2 is 2.11 bits per heavy atom. The first-order chi connectivity index (χ1) is 8.25. The number of hydrogen-bond acceptors (Lipinski definition) is 5. The third kappa shape index (κ3) is 2.42. The summed E-state index contributed by atoms with van der Waals surface area (Å²) in [6.45, 7) is -3.39. The van der Waals surface area contributed by atoms with Gasteiger partial charge in [-0.15, -0.1) is 0 Å². The topological polar surface area (TPSA) is 116 Å². The number of nitrogens with zero attached hydrogens (tertiary/aromatic N) is 1. The second-order valence-electron chi connectivity index (χ2n) is 2.94. The molecule has 0 fully saturated rings. The lowest BCUT2D eigenvalue weighted by molar-refractivity contribution is -0.386. The van der Waals surface area contributed by atoms with Gasteiger partial charge in [0.05, 0.1) is 4.92 Å². The Balaban J connectivity index is 3.55. The summed E-state index contributed by atoms with van der Waals surface area (Å²) in [4.78, 5) is 19.8. The van der Waals surface area contributed by atoms with Crippen LogP contribution >= 0.6 is 0 Å². The smallest absolute Gasteiger partial charge is 0.387 e. The van der Waals surface area contributed by atoms with Crippen molar-refractivity contribution in [1.82, 2.24) is 0 Å². The van der Waals surface area contributed by atoms with Gasteiger partial charge in [-0.1, -0.05) is 0 Å². The highest BCUT2D eigenvalue weighted by Gasteiger charge is 2.30. The summed E-state index contributed by atoms with van der Waals surface area (Å²) >= 11 is 0. The summed E-state index contributed by atoms with van der Waals surface area (Å²) in [5.41, 5.74) is 1.44. The molecule has 0 unspecified atom stereocenters. The first-order valence-corrected chi connectivity index (χ1v) is 4.20. The predicted octanol–water partition coefficient (Wildman–Crippen LogP) is 1.62. The van der Waals surface area contributed by atoms with Gasteiger partial charge < -0.3 is 15.6 Å². The first kappa shape index (κ1) is 13.5. The van der Waals surface area contributed by atoms with Crippen molar-refractivity contribution < 1.29 is 32.7 Å². The number of nitro groups is 1. The highest BCUT2D eigenvalue weighted by Crippen LogP contribution is 2.37. The van der Waals surface area contributed by atoms with Gasteiger partial charge in [-0.25, -0.2) is 4.79 Å². The van der Waals surface area contributed by atoms with Crippen LogP contribution < -0.4 is 10.5 Å². The number of benzene rings is 1. The van der Waals surface area contributed by atoms with Gasteiger partial charge in [0.25, 0.3) is 0 Å². The van der Waals surface area contributed by atoms with Gasteiger partial charge in [0.1, 0.15) is 5.56 Å². The molecule has 1 aromatic carbocycles. The van der Waals surface area contributed by atoms with Crippen LogP contribution in [-0.4, -0.2) is 22.6 Å². The lowest BCUT2D eigenvalue weighted by atomic mass is 10.1. The second kappa shape index (κ2) is 4.77. The van der Waals surface area contributed by atoms with Crippen LogP contribution in [-0.2, 0) is 0 Å². The number of nitro benzene ring substituents is 1. The molecule has 0 saturated heterocycles. The van der Waals surface area contributed by atoms with Crippen molar-refractivity contribution in [2.75, 3.05) is 5.73 Å². The van der Waals surface area contributed by atoms with Crippen molar-refractivity contribution in [1.29, 1.82) is 0 Å². The third-order valence-corrected chi connectivity index (χ3v) is 1.87. The van der Waals surface area contributed by atoms with E-state index in [1.807, 2.05) is 0 Å². The molecule has 1 rings (SSSR count). The van der Waals surface area contributed by atoms with Crippen LogP contribution in [0.4, 0.5) is 24.5 Å². The highest BCUT2D eigenvalue weighted by atomic mass is 19.3. The molecule has 10 heteroatoms. The minimum atomic E-state index is -3.39. The Bertz CT molecular complexity index is 520. The van der Waals surface area contributed by atoms with E-state index in [2.05, 4.69) is 4.74 Å². The number of carboxylic acids is 1. The van der Waals surface area contributed by atoms with E-state index in [4.69, 9.17) is 10.8 Å². The fraction of sp³-hybridized carbons (Fsp3) is 0.125. The lowest BCUT2D eigenvalue weighted by Gasteiger charge is -2.09. The number of nitrogen functional groups attached to an aromatic ring is 1. The van der Waals surface area contributed by atoms with E-state index in [0.29, 0.717) is 6.07 Å². The van der Waals surface area contributed by atoms with E-state index < -0.39 is 46.0 Å². The largest absolute Gasteiger partial charge is 0.478 e. The SMILES string of the molecule is Nc1c(OC(F)F)cc(C(=O)O)c(F)c1[N+](=O)[O-]. The quantitative estimate of drug-likeness (QED) is 0.486. The normalized spacial score (nSPS) is 10.4. The molecule has 0 aliphatic heterocycles. The van der Waals surface area contributed by atoms with Crippen molar-refractivity contribution in [3.63, 3.8) is 0 Å². The molecule has 0 aliphatic rings. The molecule has 0 saturated carbocycles. The molecule has 1 aromatic rings. The molecule has 98 valence electrons. The van der Waals surface area contributed by atoms with E-state index in [0.717, 1.165) is 0 Å². The maximum Gasteiger partial charge on any atom is 0.387 e. The number of halogens is 3. The maximum absolute atomic E-state index is 13.4. The summed E-state index contributed by atoms with van der Waals surface area (Å²) in [7, 11) is 0. The van der Waals surface area contributed by atoms with E-state index >= 15 is 0 Å². The van der Waals surface area contributed by atoms with Crippen molar-refractivity contribution >= 4 is 17.3 Å². The van der Waals surface area contributed by atoms with E-state index in [9.17, 15) is 28.1 Å². The summed E-state index contributed by atoms with van der Waals surface area (Å²) < 4.78 is 41.2. The zero-order chi connectivity index (χ0) is 14.0. The minimum absolute atomic E-state index is 0.353. The molecular formula is C8H5F3N2O5. The fourth-order valence-corrected chi connectivity index (χ4v) is 1.16. The van der Waals surface area contributed by atoms with Gasteiger partial charge in [-0.05, 0) is 0 Å². The molecule has 18 heavy (non-hydrogen) atoms. The predicted molar refractivity (Wildman–Crippen MR) is 51.1 cm³/mol. The minimum Gasteiger partial charge on any atom is -0.478 e. The molecule has 0 amide bonds. The highest BCUT2D eigenvalue weighted by molar-refractivity contribution is 5.91. The van der Waals surface area contributed by atoms with Gasteiger partial charge >= 0.3 is 18.3 Å². The number of rotatable bonds is 4. The Labute approximate surface area is 96.7 Å². The molecule has 0 heterocycles. The van der Waals surface area contributed by atoms with Crippen molar-refractivity contribution in [2.45, 2.75) is 6.61 Å². The lowest BCUT2D eigenvalue weighted by Crippen LogP contribution is -2.11. The van der Waals surface area contributed by atoms with Crippen LogP contribution in [0.3, 0.4) is 0 Å². The van der Waals surface area contributed by atoms with Gasteiger partial charge in [-0.2, -0.15) is 13.2 Å². The molecule has 7 nitrogen and oxygen atoms in total. The average molecular weight is 266 g/mol. The number of nitrogens with two attached hydrogens (primary N) is 1. The average Bonchev–Trinajstić information content (AvgIpc) is 2.20. The fourth-order valence-electron chi connectivity index (χ4n) is 1.16. The van der Waals surface area contributed by atoms with Crippen LogP contribution in [0.25, 0.3) is 0 Å². The first-order valence-electron chi connectivity index (χ1n) is 4.20. The van der Waals surface area contributed by atoms with Gasteiger partial charge in [0.15, 0.2) is 11.4 Å². The summed E-state index contributed by atoms with van der Waals surface area (Å²) in [5, 5.41) is 19.1. The molecule has 3 N–H and O–H groups in total. The molecule has 0 bridgehead atoms. The number of alkyl halides is 2. The third-order valence-electron chi connectivity index (χ3n) is 1.87. The van der Waals surface area contributed by atoms with Gasteiger partial charge in [0.2, 0.25) is 5.82 Å². The van der Waals surface area contributed by atoms with Crippen molar-refractivity contribution in [3.05, 3.63) is 27.6 Å². The van der Waals surface area contributed by atoms with Crippen LogP contribution in [0.15, 0.2) is 6.07 Å². The zero-order valence-corrected chi connectivity index (χ0v) is 8.39. The molecule has 0 spiro atoms. The summed E-state index contributed by atoms with van der Waals surface area (Å²) in [6, 6.07) is 0.353. The summed E-state index contributed by atoms with van der Waals surface area (Å²) in [6.07, 6.45) is 0. The number of hydrogen-bond donors (Lipinski definition) is 2. The Morgan fingerprint density at radius 1 is 1.56 bits per heavy atom. The van der Waals surface area contributed by atoms with Gasteiger partial charge in [-0.3, -0.25) is 10.1 Å². The molecule has 0 aliphatic carbocycles. The number of carbonyl (C=O) groups is 1. The number of carboxylic acid groups (broad SMARTS) is 1. The Kier molecular flexibility index (Phi) is 3.59. The molecule has 0 aromatic heterocycles. The second-order valence-corrected chi connectivity index (χ2v) is 2.94. The monoisotopic (exact) mass is 266 g/mol.